The predicted octanol–water partition coefficient (Wildman–Crippen LogP) is 0.354. The smallest absolute Gasteiger partial charge is 0.130 e. The molecule has 12 heavy (non-hydrogen) atoms. The van der Waals surface area contributed by atoms with Crippen molar-refractivity contribution in [2.24, 2.45) is 0 Å². The highest BCUT2D eigenvalue weighted by molar-refractivity contribution is 4.75. The van der Waals surface area contributed by atoms with Gasteiger partial charge in [-0.2, -0.15) is 0 Å². The summed E-state index contributed by atoms with van der Waals surface area (Å²) in [6, 6.07) is 0. The standard InChI is InChI=1S/C9H18N3/c1-2-4-8-12(7-3-1)9-10-5-6-11-9/h9-10H,1-8H2. The third kappa shape index (κ3) is 1.97. The summed E-state index contributed by atoms with van der Waals surface area (Å²) in [6.45, 7) is 4.55. The van der Waals surface area contributed by atoms with Crippen LogP contribution in [0.25, 0.3) is 0 Å². The summed E-state index contributed by atoms with van der Waals surface area (Å²) in [4.78, 5) is 2.49. The van der Waals surface area contributed by atoms with E-state index < -0.39 is 0 Å². The number of hydrogen-bond acceptors (Lipinski definition) is 2. The Labute approximate surface area is 74.5 Å². The minimum Gasteiger partial charge on any atom is -0.287 e. The van der Waals surface area contributed by atoms with Gasteiger partial charge in [-0.3, -0.25) is 10.2 Å². The van der Waals surface area contributed by atoms with E-state index in [1.54, 1.807) is 0 Å². The van der Waals surface area contributed by atoms with Crippen LogP contribution in [0.4, 0.5) is 0 Å². The Bertz CT molecular complexity index is 124. The fourth-order valence-corrected chi connectivity index (χ4v) is 2.03. The molecular weight excluding hydrogens is 150 g/mol. The summed E-state index contributed by atoms with van der Waals surface area (Å²) >= 11 is 0. The molecule has 0 bridgehead atoms. The normalized spacial score (nSPS) is 29.0. The Morgan fingerprint density at radius 1 is 1.08 bits per heavy atom. The van der Waals surface area contributed by atoms with Gasteiger partial charge in [-0.25, -0.2) is 5.32 Å². The topological polar surface area (TPSA) is 29.4 Å². The van der Waals surface area contributed by atoms with Crippen LogP contribution in [0.5, 0.6) is 0 Å². The van der Waals surface area contributed by atoms with Crippen LogP contribution < -0.4 is 10.6 Å². The van der Waals surface area contributed by atoms with Crippen LogP contribution in [0.2, 0.25) is 0 Å². The molecule has 2 rings (SSSR count). The molecule has 1 radical (unpaired) electrons. The molecule has 2 fully saturated rings. The number of rotatable bonds is 1. The van der Waals surface area contributed by atoms with Gasteiger partial charge in [0, 0.05) is 26.2 Å². The van der Waals surface area contributed by atoms with E-state index in [0.717, 1.165) is 13.1 Å². The van der Waals surface area contributed by atoms with Gasteiger partial charge in [0.05, 0.1) is 0 Å². The van der Waals surface area contributed by atoms with Crippen LogP contribution in [0, 0.1) is 0 Å². The summed E-state index contributed by atoms with van der Waals surface area (Å²) in [5.74, 6) is 0. The average molecular weight is 168 g/mol. The van der Waals surface area contributed by atoms with E-state index in [0.29, 0.717) is 6.29 Å². The highest BCUT2D eigenvalue weighted by atomic mass is 15.4. The van der Waals surface area contributed by atoms with Crippen molar-refractivity contribution in [1.29, 1.82) is 0 Å². The first kappa shape index (κ1) is 8.48. The van der Waals surface area contributed by atoms with Crippen LogP contribution in [0.15, 0.2) is 0 Å². The third-order valence-corrected chi connectivity index (χ3v) is 2.73. The lowest BCUT2D eigenvalue weighted by atomic mass is 10.2. The van der Waals surface area contributed by atoms with Crippen molar-refractivity contribution in [3.63, 3.8) is 0 Å². The molecule has 69 valence electrons. The Morgan fingerprint density at radius 2 is 1.83 bits per heavy atom. The van der Waals surface area contributed by atoms with Gasteiger partial charge in [0.25, 0.3) is 0 Å². The second-order valence-corrected chi connectivity index (χ2v) is 3.68. The van der Waals surface area contributed by atoms with E-state index in [1.807, 2.05) is 0 Å². The molecule has 0 aromatic carbocycles. The van der Waals surface area contributed by atoms with E-state index in [4.69, 9.17) is 0 Å². The average Bonchev–Trinajstić information content (AvgIpc) is 2.48. The van der Waals surface area contributed by atoms with Gasteiger partial charge < -0.3 is 0 Å². The lowest BCUT2D eigenvalue weighted by molar-refractivity contribution is 0.168. The maximum atomic E-state index is 4.52. The lowest BCUT2D eigenvalue weighted by Gasteiger charge is -2.25. The molecule has 0 spiro atoms. The lowest BCUT2D eigenvalue weighted by Crippen LogP contribution is -2.46. The first-order chi connectivity index (χ1) is 5.97. The molecule has 3 nitrogen and oxygen atoms in total. The van der Waals surface area contributed by atoms with E-state index in [9.17, 15) is 0 Å². The van der Waals surface area contributed by atoms with Crippen molar-refractivity contribution in [2.75, 3.05) is 26.2 Å². The van der Waals surface area contributed by atoms with Crippen molar-refractivity contribution in [3.8, 4) is 0 Å². The molecular formula is C9H18N3. The largest absolute Gasteiger partial charge is 0.287 e. The quantitative estimate of drug-likeness (QED) is 0.612. The monoisotopic (exact) mass is 168 g/mol. The Kier molecular flexibility index (Phi) is 2.98. The maximum Gasteiger partial charge on any atom is 0.130 e. The van der Waals surface area contributed by atoms with E-state index in [1.165, 1.54) is 38.8 Å². The minimum absolute atomic E-state index is 0.350. The summed E-state index contributed by atoms with van der Waals surface area (Å²) in [5.41, 5.74) is 0. The van der Waals surface area contributed by atoms with Crippen LogP contribution in [0.1, 0.15) is 25.7 Å². The minimum atomic E-state index is 0.350. The zero-order chi connectivity index (χ0) is 8.23. The third-order valence-electron chi connectivity index (χ3n) is 2.73. The fraction of sp³-hybridized carbons (Fsp3) is 1.00. The van der Waals surface area contributed by atoms with E-state index >= 15 is 0 Å². The van der Waals surface area contributed by atoms with Gasteiger partial charge in [-0.05, 0) is 12.8 Å². The molecule has 1 N–H and O–H groups in total. The van der Waals surface area contributed by atoms with Crippen molar-refractivity contribution in [3.05, 3.63) is 0 Å². The Morgan fingerprint density at radius 3 is 2.42 bits per heavy atom. The van der Waals surface area contributed by atoms with Gasteiger partial charge in [0.1, 0.15) is 6.29 Å². The summed E-state index contributed by atoms with van der Waals surface area (Å²) in [5, 5.41) is 7.93. The molecule has 2 aliphatic rings. The van der Waals surface area contributed by atoms with Crippen LogP contribution in [-0.2, 0) is 0 Å². The molecule has 0 aromatic rings. The van der Waals surface area contributed by atoms with E-state index in [2.05, 4.69) is 15.5 Å². The van der Waals surface area contributed by atoms with Gasteiger partial charge in [-0.15, -0.1) is 0 Å². The van der Waals surface area contributed by atoms with Gasteiger partial charge in [0.15, 0.2) is 0 Å². The van der Waals surface area contributed by atoms with Crippen molar-refractivity contribution < 1.29 is 0 Å². The molecule has 2 saturated heterocycles. The van der Waals surface area contributed by atoms with Crippen molar-refractivity contribution in [2.45, 2.75) is 32.0 Å². The zero-order valence-electron chi connectivity index (χ0n) is 7.63. The molecule has 0 saturated carbocycles. The molecule has 1 unspecified atom stereocenters. The summed E-state index contributed by atoms with van der Waals surface area (Å²) in [7, 11) is 0. The van der Waals surface area contributed by atoms with Gasteiger partial charge in [0.2, 0.25) is 0 Å². The number of hydrogen-bond donors (Lipinski definition) is 1. The molecule has 1 atom stereocenters. The molecule has 0 amide bonds. The van der Waals surface area contributed by atoms with Crippen LogP contribution in [-0.4, -0.2) is 37.4 Å². The first-order valence-corrected chi connectivity index (χ1v) is 5.11. The summed E-state index contributed by atoms with van der Waals surface area (Å²) in [6.07, 6.45) is 5.87. The Balaban J connectivity index is 1.83. The second-order valence-electron chi connectivity index (χ2n) is 3.68. The van der Waals surface area contributed by atoms with Crippen molar-refractivity contribution >= 4 is 0 Å². The number of nitrogens with zero attached hydrogens (tertiary/aromatic N) is 2. The SMILES string of the molecule is C1CCCN(C2[N]CCN2)CC1. The molecule has 2 heterocycles. The van der Waals surface area contributed by atoms with Crippen LogP contribution in [0.3, 0.4) is 0 Å². The number of likely N-dealkylation sites (tertiary alicyclic amines) is 1. The number of nitrogens with one attached hydrogen (secondary N) is 1. The van der Waals surface area contributed by atoms with Crippen molar-refractivity contribution in [1.82, 2.24) is 15.5 Å². The predicted molar refractivity (Wildman–Crippen MR) is 48.8 cm³/mol. The van der Waals surface area contributed by atoms with Gasteiger partial charge in [-0.1, -0.05) is 12.8 Å². The highest BCUT2D eigenvalue weighted by Gasteiger charge is 2.22. The maximum absolute atomic E-state index is 4.52. The molecule has 3 heteroatoms. The Hall–Kier alpha value is -0.120. The fourth-order valence-electron chi connectivity index (χ4n) is 2.03. The zero-order valence-corrected chi connectivity index (χ0v) is 7.63. The molecule has 0 aromatic heterocycles. The second kappa shape index (κ2) is 4.21. The summed E-state index contributed by atoms with van der Waals surface area (Å²) < 4.78 is 0. The van der Waals surface area contributed by atoms with E-state index in [-0.39, 0.29) is 0 Å². The molecule has 2 aliphatic heterocycles. The first-order valence-electron chi connectivity index (χ1n) is 5.11. The highest BCUT2D eigenvalue weighted by Crippen LogP contribution is 2.11. The van der Waals surface area contributed by atoms with Gasteiger partial charge >= 0.3 is 0 Å². The van der Waals surface area contributed by atoms with Crippen LogP contribution >= 0.6 is 0 Å². The molecule has 0 aliphatic carbocycles.